The summed E-state index contributed by atoms with van der Waals surface area (Å²) in [6, 6.07) is 13.7. The maximum Gasteiger partial charge on any atom is 0.259 e. The molecule has 2 aliphatic heterocycles. The standard InChI is InChI=1S/C16H12N2O3/c19-13-12(14(20)18-16-15(17-13)21-16)8-9-5-6-10-3-1-2-4-11(10)7-9/h1-8,15-16H,(H,17,19)(H,18,20). The van der Waals surface area contributed by atoms with Crippen LogP contribution in [-0.4, -0.2) is 24.3 Å². The Kier molecular flexibility index (Phi) is 2.55. The zero-order chi connectivity index (χ0) is 14.4. The molecule has 2 fully saturated rings. The van der Waals surface area contributed by atoms with E-state index in [1.54, 1.807) is 6.08 Å². The molecule has 2 N–H and O–H groups in total. The largest absolute Gasteiger partial charge is 0.326 e. The van der Waals surface area contributed by atoms with Gasteiger partial charge < -0.3 is 15.4 Å². The minimum atomic E-state index is -0.411. The molecule has 0 bridgehead atoms. The van der Waals surface area contributed by atoms with Crippen molar-refractivity contribution in [2.75, 3.05) is 0 Å². The summed E-state index contributed by atoms with van der Waals surface area (Å²) >= 11 is 0. The van der Waals surface area contributed by atoms with Crippen molar-refractivity contribution in [3.05, 3.63) is 53.6 Å². The van der Waals surface area contributed by atoms with Gasteiger partial charge in [-0.2, -0.15) is 0 Å². The lowest BCUT2D eigenvalue weighted by atomic mass is 10.0. The lowest BCUT2D eigenvalue weighted by Crippen LogP contribution is -2.30. The fourth-order valence-corrected chi connectivity index (χ4v) is 2.44. The smallest absolute Gasteiger partial charge is 0.259 e. The lowest BCUT2D eigenvalue weighted by molar-refractivity contribution is -0.123. The first-order valence-electron chi connectivity index (χ1n) is 6.68. The van der Waals surface area contributed by atoms with Crippen molar-refractivity contribution in [1.82, 2.24) is 10.6 Å². The average Bonchev–Trinajstić information content (AvgIpc) is 3.22. The number of amides is 2. The Morgan fingerprint density at radius 3 is 2.29 bits per heavy atom. The van der Waals surface area contributed by atoms with E-state index in [1.165, 1.54) is 0 Å². The number of fused-ring (bicyclic) bond motifs is 2. The van der Waals surface area contributed by atoms with Crippen LogP contribution in [0.1, 0.15) is 5.56 Å². The minimum Gasteiger partial charge on any atom is -0.326 e. The van der Waals surface area contributed by atoms with Gasteiger partial charge in [-0.05, 0) is 28.5 Å². The van der Waals surface area contributed by atoms with Crippen molar-refractivity contribution in [2.24, 2.45) is 0 Å². The van der Waals surface area contributed by atoms with Crippen molar-refractivity contribution in [2.45, 2.75) is 12.5 Å². The number of epoxide rings is 1. The molecule has 5 nitrogen and oxygen atoms in total. The molecule has 0 radical (unpaired) electrons. The highest BCUT2D eigenvalue weighted by atomic mass is 16.6. The van der Waals surface area contributed by atoms with Crippen LogP contribution in [0.4, 0.5) is 0 Å². The zero-order valence-electron chi connectivity index (χ0n) is 11.0. The second-order valence-electron chi connectivity index (χ2n) is 5.09. The quantitative estimate of drug-likeness (QED) is 0.468. The molecular formula is C16H12N2O3. The molecule has 2 saturated heterocycles. The van der Waals surface area contributed by atoms with E-state index < -0.39 is 24.3 Å². The Bertz CT molecular complexity index is 773. The van der Waals surface area contributed by atoms with Crippen LogP contribution in [-0.2, 0) is 14.3 Å². The van der Waals surface area contributed by atoms with E-state index in [2.05, 4.69) is 10.6 Å². The van der Waals surface area contributed by atoms with Gasteiger partial charge in [0, 0.05) is 0 Å². The van der Waals surface area contributed by atoms with Crippen LogP contribution in [0, 0.1) is 0 Å². The highest BCUT2D eigenvalue weighted by molar-refractivity contribution is 6.22. The van der Waals surface area contributed by atoms with Crippen LogP contribution in [0.15, 0.2) is 48.0 Å². The van der Waals surface area contributed by atoms with Gasteiger partial charge in [0.1, 0.15) is 5.57 Å². The van der Waals surface area contributed by atoms with Gasteiger partial charge in [0.15, 0.2) is 12.5 Å². The molecule has 0 spiro atoms. The second-order valence-corrected chi connectivity index (χ2v) is 5.09. The summed E-state index contributed by atoms with van der Waals surface area (Å²) in [6.07, 6.45) is 0.801. The molecule has 21 heavy (non-hydrogen) atoms. The molecule has 2 unspecified atom stereocenters. The summed E-state index contributed by atoms with van der Waals surface area (Å²) in [6.45, 7) is 0. The predicted octanol–water partition coefficient (Wildman–Crippen LogP) is 1.15. The van der Waals surface area contributed by atoms with Crippen molar-refractivity contribution >= 4 is 28.7 Å². The topological polar surface area (TPSA) is 70.7 Å². The maximum atomic E-state index is 12.0. The first kappa shape index (κ1) is 12.1. The van der Waals surface area contributed by atoms with Crippen LogP contribution in [0.2, 0.25) is 0 Å². The number of benzene rings is 2. The van der Waals surface area contributed by atoms with E-state index in [0.717, 1.165) is 16.3 Å². The van der Waals surface area contributed by atoms with Gasteiger partial charge >= 0.3 is 0 Å². The lowest BCUT2D eigenvalue weighted by Gasteiger charge is -2.05. The van der Waals surface area contributed by atoms with Crippen LogP contribution < -0.4 is 10.6 Å². The highest BCUT2D eigenvalue weighted by Gasteiger charge is 2.45. The first-order chi connectivity index (χ1) is 10.2. The molecule has 2 amide bonds. The van der Waals surface area contributed by atoms with Crippen LogP contribution in [0.5, 0.6) is 0 Å². The summed E-state index contributed by atoms with van der Waals surface area (Å²) in [5.74, 6) is -0.823. The van der Waals surface area contributed by atoms with Crippen LogP contribution >= 0.6 is 0 Å². The molecule has 0 aliphatic carbocycles. The van der Waals surface area contributed by atoms with Crippen molar-refractivity contribution in [1.29, 1.82) is 0 Å². The van der Waals surface area contributed by atoms with Gasteiger partial charge in [0.2, 0.25) is 0 Å². The third-order valence-electron chi connectivity index (χ3n) is 3.61. The third-order valence-corrected chi connectivity index (χ3v) is 3.61. The molecule has 2 heterocycles. The molecular weight excluding hydrogens is 268 g/mol. The summed E-state index contributed by atoms with van der Waals surface area (Å²) in [5.41, 5.74) is 0.909. The van der Waals surface area contributed by atoms with E-state index in [1.807, 2.05) is 42.5 Å². The fraction of sp³-hybridized carbons (Fsp3) is 0.125. The SMILES string of the molecule is O=C1NC2OC2NC(=O)C1=Cc1ccc2ccccc2c1. The van der Waals surface area contributed by atoms with E-state index in [4.69, 9.17) is 4.74 Å². The zero-order valence-corrected chi connectivity index (χ0v) is 11.0. The van der Waals surface area contributed by atoms with Gasteiger partial charge in [-0.25, -0.2) is 0 Å². The Hall–Kier alpha value is -2.66. The molecule has 104 valence electrons. The average molecular weight is 280 g/mol. The normalized spacial score (nSPS) is 23.9. The monoisotopic (exact) mass is 280 g/mol. The predicted molar refractivity (Wildman–Crippen MR) is 76.9 cm³/mol. The van der Waals surface area contributed by atoms with E-state index in [9.17, 15) is 9.59 Å². The summed E-state index contributed by atoms with van der Waals surface area (Å²) < 4.78 is 5.06. The number of hydrogen-bond donors (Lipinski definition) is 2. The second kappa shape index (κ2) is 4.43. The van der Waals surface area contributed by atoms with Crippen LogP contribution in [0.25, 0.3) is 16.8 Å². The molecule has 2 aliphatic rings. The Morgan fingerprint density at radius 2 is 1.57 bits per heavy atom. The van der Waals surface area contributed by atoms with Crippen molar-refractivity contribution in [3.63, 3.8) is 0 Å². The molecule has 2 atom stereocenters. The van der Waals surface area contributed by atoms with Gasteiger partial charge in [-0.1, -0.05) is 36.4 Å². The van der Waals surface area contributed by atoms with Crippen molar-refractivity contribution < 1.29 is 14.3 Å². The Balaban J connectivity index is 1.73. The fourth-order valence-electron chi connectivity index (χ4n) is 2.44. The molecule has 0 aromatic heterocycles. The first-order valence-corrected chi connectivity index (χ1v) is 6.68. The number of carbonyl (C=O) groups is 2. The minimum absolute atomic E-state index is 0.0982. The number of hydrogen-bond acceptors (Lipinski definition) is 3. The number of nitrogens with one attached hydrogen (secondary N) is 2. The molecule has 2 aromatic carbocycles. The van der Waals surface area contributed by atoms with E-state index in [-0.39, 0.29) is 5.57 Å². The highest BCUT2D eigenvalue weighted by Crippen LogP contribution is 2.22. The van der Waals surface area contributed by atoms with Crippen LogP contribution in [0.3, 0.4) is 0 Å². The third kappa shape index (κ3) is 2.17. The van der Waals surface area contributed by atoms with Gasteiger partial charge in [0.05, 0.1) is 0 Å². The maximum absolute atomic E-state index is 12.0. The van der Waals surface area contributed by atoms with Gasteiger partial charge in [-0.3, -0.25) is 9.59 Å². The summed E-state index contributed by atoms with van der Waals surface area (Å²) in [5, 5.41) is 7.46. The number of carbonyl (C=O) groups excluding carboxylic acids is 2. The Morgan fingerprint density at radius 1 is 0.905 bits per heavy atom. The summed E-state index contributed by atoms with van der Waals surface area (Å²) in [7, 11) is 0. The van der Waals surface area contributed by atoms with Gasteiger partial charge in [-0.15, -0.1) is 0 Å². The van der Waals surface area contributed by atoms with E-state index >= 15 is 0 Å². The number of ether oxygens (including phenoxy) is 1. The molecule has 4 rings (SSSR count). The Labute approximate surface area is 120 Å². The summed E-state index contributed by atoms with van der Waals surface area (Å²) in [4.78, 5) is 24.0. The van der Waals surface area contributed by atoms with E-state index in [0.29, 0.717) is 0 Å². The molecule has 2 aromatic rings. The van der Waals surface area contributed by atoms with Crippen molar-refractivity contribution in [3.8, 4) is 0 Å². The number of rotatable bonds is 1. The molecule has 5 heteroatoms. The van der Waals surface area contributed by atoms with Gasteiger partial charge in [0.25, 0.3) is 11.8 Å². The molecule has 0 saturated carbocycles.